The van der Waals surface area contributed by atoms with Crippen LogP contribution in [0.25, 0.3) is 10.9 Å². The molecule has 0 saturated carbocycles. The molecule has 1 heterocycles. The van der Waals surface area contributed by atoms with E-state index in [1.165, 1.54) is 0 Å². The number of aryl methyl sites for hydroxylation is 1. The van der Waals surface area contributed by atoms with Crippen molar-refractivity contribution in [1.29, 1.82) is 0 Å². The van der Waals surface area contributed by atoms with E-state index in [1.54, 1.807) is 0 Å². The number of alkyl halides is 1. The lowest BCUT2D eigenvalue weighted by Crippen LogP contribution is -2.43. The molecular weight excluding hydrogens is 316 g/mol. The Kier molecular flexibility index (Phi) is 4.43. The van der Waals surface area contributed by atoms with Crippen molar-refractivity contribution in [3.8, 4) is 0 Å². The number of amides is 1. The van der Waals surface area contributed by atoms with E-state index in [2.05, 4.69) is 26.2 Å². The molecule has 3 nitrogen and oxygen atoms in total. The Balaban J connectivity index is 2.39. The van der Waals surface area contributed by atoms with Crippen LogP contribution in [-0.2, 0) is 0 Å². The summed E-state index contributed by atoms with van der Waals surface area (Å²) < 4.78 is 0. The highest BCUT2D eigenvalue weighted by Gasteiger charge is 2.21. The monoisotopic (exact) mass is 334 g/mol. The molecule has 0 spiro atoms. The smallest absolute Gasteiger partial charge is 0.252 e. The Morgan fingerprint density at radius 2 is 2.05 bits per heavy atom. The van der Waals surface area contributed by atoms with Gasteiger partial charge in [-0.1, -0.05) is 34.1 Å². The number of hydrogen-bond acceptors (Lipinski definition) is 2. The molecule has 1 N–H and O–H groups in total. The fourth-order valence-electron chi connectivity index (χ4n) is 2.17. The molecule has 0 aliphatic rings. The van der Waals surface area contributed by atoms with E-state index in [9.17, 15) is 4.79 Å². The van der Waals surface area contributed by atoms with Gasteiger partial charge in [0.05, 0.1) is 11.1 Å². The van der Waals surface area contributed by atoms with Crippen LogP contribution in [0.5, 0.6) is 0 Å². The van der Waals surface area contributed by atoms with E-state index in [-0.39, 0.29) is 11.4 Å². The summed E-state index contributed by atoms with van der Waals surface area (Å²) in [5.74, 6) is -0.0438. The normalized spacial score (nSPS) is 11.6. The van der Waals surface area contributed by atoms with Crippen LogP contribution in [0, 0.1) is 6.92 Å². The van der Waals surface area contributed by atoms with Gasteiger partial charge in [-0.3, -0.25) is 9.78 Å². The van der Waals surface area contributed by atoms with E-state index >= 15 is 0 Å². The van der Waals surface area contributed by atoms with Gasteiger partial charge in [0.2, 0.25) is 0 Å². The third kappa shape index (κ3) is 3.37. The van der Waals surface area contributed by atoms with Crippen LogP contribution < -0.4 is 5.32 Å². The second-order valence-corrected chi connectivity index (χ2v) is 6.40. The largest absolute Gasteiger partial charge is 0.347 e. The van der Waals surface area contributed by atoms with Crippen LogP contribution in [-0.4, -0.2) is 21.8 Å². The molecular formula is C16H19BrN2O. The number of carbonyl (C=O) groups is 1. The Morgan fingerprint density at radius 1 is 1.35 bits per heavy atom. The van der Waals surface area contributed by atoms with Gasteiger partial charge in [0, 0.05) is 21.9 Å². The molecule has 1 amide bonds. The van der Waals surface area contributed by atoms with E-state index < -0.39 is 0 Å². The number of hydrogen-bond donors (Lipinski definition) is 1. The Morgan fingerprint density at radius 3 is 2.75 bits per heavy atom. The van der Waals surface area contributed by atoms with Gasteiger partial charge < -0.3 is 5.32 Å². The van der Waals surface area contributed by atoms with Crippen LogP contribution >= 0.6 is 15.9 Å². The fourth-order valence-corrected chi connectivity index (χ4v) is 3.16. The molecule has 1 aromatic heterocycles. The fraction of sp³-hybridized carbons (Fsp3) is 0.375. The zero-order chi connectivity index (χ0) is 14.8. The second kappa shape index (κ2) is 5.92. The summed E-state index contributed by atoms with van der Waals surface area (Å²) in [6, 6.07) is 9.59. The van der Waals surface area contributed by atoms with Gasteiger partial charge in [0.25, 0.3) is 5.91 Å². The first-order valence-corrected chi connectivity index (χ1v) is 7.80. The number of nitrogens with zero attached hydrogens (tertiary/aromatic N) is 1. The van der Waals surface area contributed by atoms with Crippen molar-refractivity contribution in [1.82, 2.24) is 10.3 Å². The van der Waals surface area contributed by atoms with Gasteiger partial charge >= 0.3 is 0 Å². The van der Waals surface area contributed by atoms with Gasteiger partial charge in [-0.05, 0) is 39.3 Å². The van der Waals surface area contributed by atoms with Crippen LogP contribution in [0.2, 0.25) is 0 Å². The molecule has 0 unspecified atom stereocenters. The minimum absolute atomic E-state index is 0.0438. The Labute approximate surface area is 127 Å². The lowest BCUT2D eigenvalue weighted by molar-refractivity contribution is 0.0913. The van der Waals surface area contributed by atoms with Gasteiger partial charge in [-0.2, -0.15) is 0 Å². The summed E-state index contributed by atoms with van der Waals surface area (Å²) in [5, 5.41) is 4.85. The zero-order valence-corrected chi connectivity index (χ0v) is 13.6. The van der Waals surface area contributed by atoms with Gasteiger partial charge in [0.1, 0.15) is 0 Å². The summed E-state index contributed by atoms with van der Waals surface area (Å²) in [7, 11) is 0. The average Bonchev–Trinajstić information content (AvgIpc) is 2.36. The highest BCUT2D eigenvalue weighted by Crippen LogP contribution is 2.19. The van der Waals surface area contributed by atoms with Gasteiger partial charge in [0.15, 0.2) is 0 Å². The maximum Gasteiger partial charge on any atom is 0.252 e. The summed E-state index contributed by atoms with van der Waals surface area (Å²) >= 11 is 3.42. The van der Waals surface area contributed by atoms with E-state index in [0.717, 1.165) is 28.3 Å². The molecule has 0 aliphatic heterocycles. The number of halogens is 1. The SMILES string of the molecule is Cc1cc(C(=O)NC(C)(C)CCBr)c2ccccc2n1. The van der Waals surface area contributed by atoms with E-state index in [4.69, 9.17) is 0 Å². The molecule has 106 valence electrons. The lowest BCUT2D eigenvalue weighted by atomic mass is 10.00. The number of carbonyl (C=O) groups excluding carboxylic acids is 1. The van der Waals surface area contributed by atoms with Crippen molar-refractivity contribution >= 4 is 32.7 Å². The molecule has 4 heteroatoms. The average molecular weight is 335 g/mol. The second-order valence-electron chi connectivity index (χ2n) is 5.61. The summed E-state index contributed by atoms with van der Waals surface area (Å²) in [6.07, 6.45) is 0.876. The molecule has 0 atom stereocenters. The van der Waals surface area contributed by atoms with Crippen molar-refractivity contribution in [2.75, 3.05) is 5.33 Å². The molecule has 0 fully saturated rings. The first-order chi connectivity index (χ1) is 9.43. The molecule has 20 heavy (non-hydrogen) atoms. The maximum atomic E-state index is 12.5. The number of pyridine rings is 1. The van der Waals surface area contributed by atoms with Crippen molar-refractivity contribution in [2.24, 2.45) is 0 Å². The van der Waals surface area contributed by atoms with Crippen LogP contribution in [0.1, 0.15) is 36.3 Å². The lowest BCUT2D eigenvalue weighted by Gasteiger charge is -2.25. The minimum Gasteiger partial charge on any atom is -0.347 e. The highest BCUT2D eigenvalue weighted by atomic mass is 79.9. The van der Waals surface area contributed by atoms with E-state index in [1.807, 2.05) is 51.1 Å². The summed E-state index contributed by atoms with van der Waals surface area (Å²) in [4.78, 5) is 17.0. The number of nitrogens with one attached hydrogen (secondary N) is 1. The van der Waals surface area contributed by atoms with Crippen LogP contribution in [0.4, 0.5) is 0 Å². The van der Waals surface area contributed by atoms with Crippen molar-refractivity contribution in [2.45, 2.75) is 32.7 Å². The van der Waals surface area contributed by atoms with Crippen LogP contribution in [0.15, 0.2) is 30.3 Å². The third-order valence-corrected chi connectivity index (χ3v) is 3.66. The molecule has 0 saturated heterocycles. The zero-order valence-electron chi connectivity index (χ0n) is 12.0. The van der Waals surface area contributed by atoms with Crippen molar-refractivity contribution < 1.29 is 4.79 Å². The molecule has 2 rings (SSSR count). The first kappa shape index (κ1) is 15.0. The minimum atomic E-state index is -0.237. The van der Waals surface area contributed by atoms with Crippen molar-refractivity contribution in [3.63, 3.8) is 0 Å². The van der Waals surface area contributed by atoms with Crippen molar-refractivity contribution in [3.05, 3.63) is 41.6 Å². The van der Waals surface area contributed by atoms with Gasteiger partial charge in [-0.25, -0.2) is 0 Å². The topological polar surface area (TPSA) is 42.0 Å². The summed E-state index contributed by atoms with van der Waals surface area (Å²) in [6.45, 7) is 5.97. The number of aromatic nitrogens is 1. The molecule has 0 aliphatic carbocycles. The predicted octanol–water partition coefficient (Wildman–Crippen LogP) is 3.84. The Bertz CT molecular complexity index is 637. The Hall–Kier alpha value is -1.42. The molecule has 2 aromatic rings. The molecule has 0 bridgehead atoms. The number of rotatable bonds is 4. The predicted molar refractivity (Wildman–Crippen MR) is 86.4 cm³/mol. The summed E-state index contributed by atoms with van der Waals surface area (Å²) in [5.41, 5.74) is 2.16. The third-order valence-electron chi connectivity index (χ3n) is 3.26. The van der Waals surface area contributed by atoms with Gasteiger partial charge in [-0.15, -0.1) is 0 Å². The quantitative estimate of drug-likeness (QED) is 0.863. The standard InChI is InChI=1S/C16H19BrN2O/c1-11-10-13(12-6-4-5-7-14(12)18-11)15(20)19-16(2,3)8-9-17/h4-7,10H,8-9H2,1-3H3,(H,19,20). The number of para-hydroxylation sites is 1. The van der Waals surface area contributed by atoms with Crippen LogP contribution in [0.3, 0.4) is 0 Å². The molecule has 0 radical (unpaired) electrons. The maximum absolute atomic E-state index is 12.5. The highest BCUT2D eigenvalue weighted by molar-refractivity contribution is 9.09. The van der Waals surface area contributed by atoms with E-state index in [0.29, 0.717) is 5.56 Å². The first-order valence-electron chi connectivity index (χ1n) is 6.68. The number of fused-ring (bicyclic) bond motifs is 1. The number of benzene rings is 1. The molecule has 1 aromatic carbocycles.